The van der Waals surface area contributed by atoms with Gasteiger partial charge in [-0.05, 0) is 47.3 Å². The number of carbonyl (C=O) groups is 2. The second-order valence-corrected chi connectivity index (χ2v) is 10.6. The van der Waals surface area contributed by atoms with E-state index in [4.69, 9.17) is 0 Å². The Hall–Kier alpha value is -3.41. The number of benzene rings is 2. The normalized spacial score (nSPS) is 17.3. The van der Waals surface area contributed by atoms with E-state index >= 15 is 0 Å². The van der Waals surface area contributed by atoms with Crippen molar-refractivity contribution in [1.29, 1.82) is 0 Å². The number of Topliss-reactive ketones (excluding diaryl/α,β-unsaturated/α-hetero) is 1. The van der Waals surface area contributed by atoms with Crippen molar-refractivity contribution in [2.75, 3.05) is 4.90 Å². The lowest BCUT2D eigenvalue weighted by Gasteiger charge is -2.20. The average Bonchev–Trinajstić information content (AvgIpc) is 3.60. The van der Waals surface area contributed by atoms with E-state index in [1.165, 1.54) is 46.2 Å². The summed E-state index contributed by atoms with van der Waals surface area (Å²) in [6, 6.07) is 14.0. The molecule has 0 spiro atoms. The molecule has 3 heterocycles. The molecule has 1 amide bonds. The zero-order valence-corrected chi connectivity index (χ0v) is 20.2. The van der Waals surface area contributed by atoms with Crippen molar-refractivity contribution in [3.8, 4) is 0 Å². The minimum Gasteiger partial charge on any atom is -0.507 e. The van der Waals surface area contributed by atoms with Gasteiger partial charge in [-0.3, -0.25) is 14.5 Å². The molecular weight excluding hydrogens is 512 g/mol. The van der Waals surface area contributed by atoms with Gasteiger partial charge in [-0.15, -0.1) is 21.5 Å². The largest absolute Gasteiger partial charge is 0.507 e. The number of aliphatic hydroxyl groups is 1. The van der Waals surface area contributed by atoms with Gasteiger partial charge in [-0.1, -0.05) is 47.4 Å². The number of thiophene rings is 1. The van der Waals surface area contributed by atoms with Crippen molar-refractivity contribution in [3.05, 3.63) is 99.3 Å². The number of aromatic nitrogens is 2. The molecule has 1 aliphatic heterocycles. The van der Waals surface area contributed by atoms with Crippen LogP contribution in [-0.4, -0.2) is 27.0 Å². The van der Waals surface area contributed by atoms with Gasteiger partial charge >= 0.3 is 5.91 Å². The van der Waals surface area contributed by atoms with E-state index in [2.05, 4.69) is 10.2 Å². The van der Waals surface area contributed by atoms with Crippen molar-refractivity contribution in [1.82, 2.24) is 10.2 Å². The van der Waals surface area contributed by atoms with Crippen molar-refractivity contribution in [3.63, 3.8) is 0 Å². The van der Waals surface area contributed by atoms with Crippen LogP contribution >= 0.6 is 34.4 Å². The third kappa shape index (κ3) is 4.49. The maximum Gasteiger partial charge on any atom is 0.301 e. The number of carbonyl (C=O) groups excluding carboxylic acids is 2. The van der Waals surface area contributed by atoms with Crippen LogP contribution in [0.2, 0.25) is 0 Å². The average molecular weight is 528 g/mol. The van der Waals surface area contributed by atoms with Crippen molar-refractivity contribution >= 4 is 57.0 Å². The Morgan fingerprint density at radius 3 is 2.51 bits per heavy atom. The number of hydrogen-bond acceptors (Lipinski definition) is 8. The van der Waals surface area contributed by atoms with Gasteiger partial charge < -0.3 is 5.11 Å². The number of anilines is 1. The molecular formula is C24H15F2N3O3S3. The fourth-order valence-electron chi connectivity index (χ4n) is 3.62. The van der Waals surface area contributed by atoms with Crippen LogP contribution in [0.1, 0.15) is 22.0 Å². The molecule has 2 aromatic carbocycles. The lowest BCUT2D eigenvalue weighted by atomic mass is 10.00. The molecule has 1 N–H and O–H groups in total. The summed E-state index contributed by atoms with van der Waals surface area (Å²) in [5.41, 5.74) is 0.608. The molecule has 4 aromatic rings. The highest BCUT2D eigenvalue weighted by molar-refractivity contribution is 8.00. The minimum absolute atomic E-state index is 0.111. The van der Waals surface area contributed by atoms with Gasteiger partial charge in [0.15, 0.2) is 4.34 Å². The fourth-order valence-corrected chi connectivity index (χ4v) is 6.30. The monoisotopic (exact) mass is 527 g/mol. The van der Waals surface area contributed by atoms with E-state index in [-0.39, 0.29) is 22.1 Å². The molecule has 1 atom stereocenters. The van der Waals surface area contributed by atoms with Crippen LogP contribution in [-0.2, 0) is 15.3 Å². The Morgan fingerprint density at radius 1 is 1.03 bits per heavy atom. The first-order chi connectivity index (χ1) is 16.9. The van der Waals surface area contributed by atoms with Gasteiger partial charge in [0, 0.05) is 16.2 Å². The molecule has 0 aliphatic carbocycles. The summed E-state index contributed by atoms with van der Waals surface area (Å²) in [6.07, 6.45) is 0. The van der Waals surface area contributed by atoms with Gasteiger partial charge in [-0.2, -0.15) is 0 Å². The third-order valence-corrected chi connectivity index (χ3v) is 8.32. The lowest BCUT2D eigenvalue weighted by molar-refractivity contribution is -0.132. The molecule has 35 heavy (non-hydrogen) atoms. The summed E-state index contributed by atoms with van der Waals surface area (Å²) in [5.74, 6) is -2.63. The molecule has 0 radical (unpaired) electrons. The number of halogens is 2. The van der Waals surface area contributed by atoms with Crippen LogP contribution in [0.25, 0.3) is 5.76 Å². The summed E-state index contributed by atoms with van der Waals surface area (Å²) in [4.78, 5) is 28.0. The molecule has 5 rings (SSSR count). The molecule has 0 bridgehead atoms. The highest BCUT2D eigenvalue weighted by Crippen LogP contribution is 2.45. The summed E-state index contributed by atoms with van der Waals surface area (Å²) in [7, 11) is 0. The quantitative estimate of drug-likeness (QED) is 0.112. The number of nitrogens with zero attached hydrogens (tertiary/aromatic N) is 3. The second-order valence-electron chi connectivity index (χ2n) is 7.42. The Kier molecular flexibility index (Phi) is 6.46. The predicted octanol–water partition coefficient (Wildman–Crippen LogP) is 5.80. The summed E-state index contributed by atoms with van der Waals surface area (Å²) in [5, 5.41) is 21.2. The molecule has 1 unspecified atom stereocenters. The van der Waals surface area contributed by atoms with Gasteiger partial charge in [0.25, 0.3) is 5.78 Å². The Balaban J connectivity index is 1.51. The molecule has 11 heteroatoms. The van der Waals surface area contributed by atoms with E-state index in [0.717, 1.165) is 23.5 Å². The van der Waals surface area contributed by atoms with Crippen molar-refractivity contribution in [2.45, 2.75) is 16.1 Å². The van der Waals surface area contributed by atoms with Gasteiger partial charge in [-0.25, -0.2) is 8.78 Å². The van der Waals surface area contributed by atoms with Crippen LogP contribution in [0.15, 0.2) is 76.0 Å². The van der Waals surface area contributed by atoms with Crippen molar-refractivity contribution in [2.24, 2.45) is 0 Å². The van der Waals surface area contributed by atoms with Crippen LogP contribution in [0, 0.1) is 11.6 Å². The number of rotatable bonds is 6. The van der Waals surface area contributed by atoms with Crippen LogP contribution in [0.3, 0.4) is 0 Å². The van der Waals surface area contributed by atoms with Crippen LogP contribution < -0.4 is 4.90 Å². The number of hydrogen-bond donors (Lipinski definition) is 1. The van der Waals surface area contributed by atoms with E-state index < -0.39 is 29.3 Å². The third-order valence-electron chi connectivity index (χ3n) is 5.29. The summed E-state index contributed by atoms with van der Waals surface area (Å²) in [6.45, 7) is 0. The highest BCUT2D eigenvalue weighted by Gasteiger charge is 2.48. The first kappa shape index (κ1) is 23.3. The standard InChI is InChI=1S/C24H15F2N3O3S3/c25-15-9-7-13(8-10-15)20(30)18-19(17-6-3-11-33-17)29(22(32)21(18)31)23-27-28-24(35-23)34-12-14-4-1-2-5-16(14)26/h1-11,19,30H,12H2/b20-18-. The zero-order valence-electron chi connectivity index (χ0n) is 17.7. The van der Waals surface area contributed by atoms with E-state index in [1.54, 1.807) is 35.7 Å². The maximum absolute atomic E-state index is 13.9. The SMILES string of the molecule is O=C1C(=O)N(c2nnc(SCc3ccccc3F)s2)C(c2cccs2)/C1=C(/O)c1ccc(F)cc1. The lowest BCUT2D eigenvalue weighted by Crippen LogP contribution is -2.29. The van der Waals surface area contributed by atoms with Crippen LogP contribution in [0.5, 0.6) is 0 Å². The van der Waals surface area contributed by atoms with E-state index in [0.29, 0.717) is 20.5 Å². The molecule has 1 aliphatic rings. The number of ketones is 1. The first-order valence-corrected chi connectivity index (χ1v) is 12.9. The molecule has 176 valence electrons. The Morgan fingerprint density at radius 2 is 1.80 bits per heavy atom. The highest BCUT2D eigenvalue weighted by atomic mass is 32.2. The minimum atomic E-state index is -0.919. The summed E-state index contributed by atoms with van der Waals surface area (Å²) < 4.78 is 27.8. The van der Waals surface area contributed by atoms with Gasteiger partial charge in [0.05, 0.1) is 5.57 Å². The Bertz CT molecular complexity index is 1440. The first-order valence-electron chi connectivity index (χ1n) is 10.2. The maximum atomic E-state index is 13.9. The summed E-state index contributed by atoms with van der Waals surface area (Å²) >= 11 is 3.67. The fraction of sp³-hybridized carbons (Fsp3) is 0.0833. The molecule has 1 fully saturated rings. The second kappa shape index (κ2) is 9.68. The molecule has 0 saturated carbocycles. The molecule has 1 saturated heterocycles. The van der Waals surface area contributed by atoms with E-state index in [9.17, 15) is 23.5 Å². The topological polar surface area (TPSA) is 83.4 Å². The van der Waals surface area contributed by atoms with E-state index in [1.807, 2.05) is 0 Å². The van der Waals surface area contributed by atoms with Crippen LogP contribution in [0.4, 0.5) is 13.9 Å². The smallest absolute Gasteiger partial charge is 0.301 e. The zero-order chi connectivity index (χ0) is 24.5. The number of amides is 1. The molecule has 6 nitrogen and oxygen atoms in total. The number of aliphatic hydroxyl groups excluding tert-OH is 1. The van der Waals surface area contributed by atoms with Gasteiger partial charge in [0.1, 0.15) is 23.4 Å². The molecule has 2 aromatic heterocycles. The Labute approximate surface area is 210 Å². The number of thioether (sulfide) groups is 1. The predicted molar refractivity (Wildman–Crippen MR) is 131 cm³/mol. The van der Waals surface area contributed by atoms with Crippen molar-refractivity contribution < 1.29 is 23.5 Å². The van der Waals surface area contributed by atoms with Gasteiger partial charge in [0.2, 0.25) is 5.13 Å².